The zero-order chi connectivity index (χ0) is 17.3. The van der Waals surface area contributed by atoms with Gasteiger partial charge in [0.25, 0.3) is 5.91 Å². The summed E-state index contributed by atoms with van der Waals surface area (Å²) in [6.45, 7) is -0.238. The van der Waals surface area contributed by atoms with E-state index in [9.17, 15) is 14.7 Å². The van der Waals surface area contributed by atoms with Crippen LogP contribution in [0.4, 0.5) is 0 Å². The molecule has 0 aliphatic rings. The maximum Gasteiger partial charge on any atom is 0.326 e. The summed E-state index contributed by atoms with van der Waals surface area (Å²) >= 11 is 5.85. The van der Waals surface area contributed by atoms with E-state index in [2.05, 4.69) is 10.3 Å². The number of nitrogens with zero attached hydrogens (tertiary/aromatic N) is 1. The highest BCUT2D eigenvalue weighted by Gasteiger charge is 2.16. The molecule has 124 valence electrons. The number of aryl methyl sites for hydroxylation is 1. The smallest absolute Gasteiger partial charge is 0.326 e. The number of benzene rings is 2. The number of aliphatic hydroxyl groups is 1. The average molecular weight is 346 g/mol. The quantitative estimate of drug-likeness (QED) is 0.675. The molecule has 0 spiro atoms. The second kappa shape index (κ2) is 6.51. The van der Waals surface area contributed by atoms with Gasteiger partial charge in [-0.2, -0.15) is 0 Å². The van der Waals surface area contributed by atoms with Crippen molar-refractivity contribution in [2.75, 3.05) is 6.61 Å². The van der Waals surface area contributed by atoms with Gasteiger partial charge >= 0.3 is 5.69 Å². The lowest BCUT2D eigenvalue weighted by Gasteiger charge is -2.17. The molecule has 3 aromatic rings. The monoisotopic (exact) mass is 345 g/mol. The molecule has 1 heterocycles. The average Bonchev–Trinajstić information content (AvgIpc) is 2.87. The molecule has 0 saturated heterocycles. The number of aromatic nitrogens is 2. The van der Waals surface area contributed by atoms with E-state index < -0.39 is 6.04 Å². The van der Waals surface area contributed by atoms with E-state index in [4.69, 9.17) is 11.6 Å². The minimum absolute atomic E-state index is 0.238. The molecule has 7 heteroatoms. The molecule has 1 atom stereocenters. The molecule has 0 fully saturated rings. The minimum atomic E-state index is -0.541. The van der Waals surface area contributed by atoms with Gasteiger partial charge in [0.05, 0.1) is 23.7 Å². The zero-order valence-corrected chi connectivity index (χ0v) is 13.7. The Bertz CT molecular complexity index is 944. The third-order valence-electron chi connectivity index (χ3n) is 3.93. The Kier molecular flexibility index (Phi) is 4.42. The Labute approximate surface area is 142 Å². The predicted octanol–water partition coefficient (Wildman–Crippen LogP) is 1.98. The molecule has 3 N–H and O–H groups in total. The van der Waals surface area contributed by atoms with Crippen molar-refractivity contribution in [3.05, 3.63) is 69.1 Å². The van der Waals surface area contributed by atoms with E-state index >= 15 is 0 Å². The number of imidazole rings is 1. The maximum atomic E-state index is 12.4. The van der Waals surface area contributed by atoms with Gasteiger partial charge in [-0.05, 0) is 35.9 Å². The van der Waals surface area contributed by atoms with Crippen LogP contribution in [0.3, 0.4) is 0 Å². The van der Waals surface area contributed by atoms with Gasteiger partial charge in [-0.1, -0.05) is 23.7 Å². The number of nitrogens with one attached hydrogen (secondary N) is 2. The van der Waals surface area contributed by atoms with Gasteiger partial charge in [-0.3, -0.25) is 9.36 Å². The molecule has 1 amide bonds. The number of amides is 1. The van der Waals surface area contributed by atoms with Crippen molar-refractivity contribution >= 4 is 28.5 Å². The molecule has 2 aromatic carbocycles. The van der Waals surface area contributed by atoms with Crippen molar-refractivity contribution in [2.24, 2.45) is 7.05 Å². The summed E-state index contributed by atoms with van der Waals surface area (Å²) in [6, 6.07) is 11.3. The Morgan fingerprint density at radius 2 is 2.00 bits per heavy atom. The van der Waals surface area contributed by atoms with Crippen LogP contribution in [0.15, 0.2) is 47.3 Å². The lowest BCUT2D eigenvalue weighted by atomic mass is 10.1. The number of halogens is 1. The van der Waals surface area contributed by atoms with Crippen LogP contribution in [0, 0.1) is 0 Å². The van der Waals surface area contributed by atoms with Crippen LogP contribution in [0.1, 0.15) is 22.0 Å². The lowest BCUT2D eigenvalue weighted by molar-refractivity contribution is 0.0916. The topological polar surface area (TPSA) is 87.1 Å². The molecule has 1 unspecified atom stereocenters. The second-order valence-electron chi connectivity index (χ2n) is 5.48. The molecule has 24 heavy (non-hydrogen) atoms. The van der Waals surface area contributed by atoms with Gasteiger partial charge in [-0.25, -0.2) is 4.79 Å². The number of H-pyrrole nitrogens is 1. The SMILES string of the molecule is Cn1c(=O)[nH]c2cc(C(=O)NC(CO)c3ccc(Cl)cc3)ccc21. The van der Waals surface area contributed by atoms with Crippen molar-refractivity contribution in [3.63, 3.8) is 0 Å². The molecule has 0 aliphatic carbocycles. The highest BCUT2D eigenvalue weighted by molar-refractivity contribution is 6.30. The number of hydrogen-bond donors (Lipinski definition) is 3. The molecule has 6 nitrogen and oxygen atoms in total. The fraction of sp³-hybridized carbons (Fsp3) is 0.176. The van der Waals surface area contributed by atoms with Crippen molar-refractivity contribution in [3.8, 4) is 0 Å². The standard InChI is InChI=1S/C17H16ClN3O3/c1-21-15-7-4-11(8-13(15)20-17(21)24)16(23)19-14(9-22)10-2-5-12(18)6-3-10/h2-8,14,22H,9H2,1H3,(H,19,23)(H,20,24). The number of aromatic amines is 1. The molecule has 0 radical (unpaired) electrons. The zero-order valence-electron chi connectivity index (χ0n) is 12.9. The van der Waals surface area contributed by atoms with E-state index in [1.165, 1.54) is 4.57 Å². The number of carbonyl (C=O) groups excluding carboxylic acids is 1. The van der Waals surface area contributed by atoms with Gasteiger partial charge in [0.2, 0.25) is 0 Å². The van der Waals surface area contributed by atoms with Crippen LogP contribution in [0.2, 0.25) is 5.02 Å². The van der Waals surface area contributed by atoms with Crippen molar-refractivity contribution in [2.45, 2.75) is 6.04 Å². The minimum Gasteiger partial charge on any atom is -0.394 e. The van der Waals surface area contributed by atoms with Crippen molar-refractivity contribution in [1.82, 2.24) is 14.9 Å². The molecular weight excluding hydrogens is 330 g/mol. The fourth-order valence-electron chi connectivity index (χ4n) is 2.55. The first-order valence-corrected chi connectivity index (χ1v) is 7.73. The molecule has 1 aromatic heterocycles. The predicted molar refractivity (Wildman–Crippen MR) is 92.3 cm³/mol. The van der Waals surface area contributed by atoms with Crippen LogP contribution in [-0.2, 0) is 7.05 Å². The Hall–Kier alpha value is -2.57. The third kappa shape index (κ3) is 3.06. The number of fused-ring (bicyclic) bond motifs is 1. The van der Waals surface area contributed by atoms with Crippen LogP contribution < -0.4 is 11.0 Å². The summed E-state index contributed by atoms with van der Waals surface area (Å²) in [5.74, 6) is -0.337. The van der Waals surface area contributed by atoms with E-state index in [1.807, 2.05) is 0 Å². The molecule has 0 aliphatic heterocycles. The summed E-state index contributed by atoms with van der Waals surface area (Å²) in [4.78, 5) is 26.8. The van der Waals surface area contributed by atoms with E-state index in [0.717, 1.165) is 5.56 Å². The highest BCUT2D eigenvalue weighted by Crippen LogP contribution is 2.18. The molecule has 0 bridgehead atoms. The van der Waals surface area contributed by atoms with Gasteiger partial charge in [0, 0.05) is 17.6 Å². The number of carbonyl (C=O) groups is 1. The summed E-state index contributed by atoms with van der Waals surface area (Å²) < 4.78 is 1.47. The van der Waals surface area contributed by atoms with Crippen molar-refractivity contribution in [1.29, 1.82) is 0 Å². The maximum absolute atomic E-state index is 12.4. The highest BCUT2D eigenvalue weighted by atomic mass is 35.5. The Morgan fingerprint density at radius 1 is 1.29 bits per heavy atom. The summed E-state index contributed by atoms with van der Waals surface area (Å²) in [7, 11) is 1.66. The number of hydrogen-bond acceptors (Lipinski definition) is 3. The van der Waals surface area contributed by atoms with Crippen LogP contribution in [-0.4, -0.2) is 27.2 Å². The van der Waals surface area contributed by atoms with Gasteiger partial charge in [0.15, 0.2) is 0 Å². The van der Waals surface area contributed by atoms with Gasteiger partial charge in [-0.15, -0.1) is 0 Å². The van der Waals surface area contributed by atoms with E-state index in [0.29, 0.717) is 21.6 Å². The second-order valence-corrected chi connectivity index (χ2v) is 5.92. The van der Waals surface area contributed by atoms with Gasteiger partial charge < -0.3 is 15.4 Å². The van der Waals surface area contributed by atoms with Crippen molar-refractivity contribution < 1.29 is 9.90 Å². The number of aliphatic hydroxyl groups excluding tert-OH is 1. The van der Waals surface area contributed by atoms with E-state index in [1.54, 1.807) is 49.5 Å². The summed E-state index contributed by atoms with van der Waals surface area (Å²) in [6.07, 6.45) is 0. The molecular formula is C17H16ClN3O3. The Balaban J connectivity index is 1.85. The first-order valence-electron chi connectivity index (χ1n) is 7.35. The Morgan fingerprint density at radius 3 is 2.67 bits per heavy atom. The number of rotatable bonds is 4. The van der Waals surface area contributed by atoms with Crippen LogP contribution >= 0.6 is 11.6 Å². The summed E-state index contributed by atoms with van der Waals surface area (Å²) in [5, 5.41) is 12.9. The fourth-order valence-corrected chi connectivity index (χ4v) is 2.68. The first kappa shape index (κ1) is 16.3. The molecule has 0 saturated carbocycles. The normalized spacial score (nSPS) is 12.3. The van der Waals surface area contributed by atoms with Crippen LogP contribution in [0.25, 0.3) is 11.0 Å². The van der Waals surface area contributed by atoms with Crippen LogP contribution in [0.5, 0.6) is 0 Å². The largest absolute Gasteiger partial charge is 0.394 e. The third-order valence-corrected chi connectivity index (χ3v) is 4.18. The lowest BCUT2D eigenvalue weighted by Crippen LogP contribution is -2.30. The van der Waals surface area contributed by atoms with E-state index in [-0.39, 0.29) is 18.2 Å². The summed E-state index contributed by atoms with van der Waals surface area (Å²) in [5.41, 5.74) is 2.22. The molecule has 3 rings (SSSR count). The van der Waals surface area contributed by atoms with Gasteiger partial charge in [0.1, 0.15) is 0 Å². The first-order chi connectivity index (χ1) is 11.5.